The first-order valence-corrected chi connectivity index (χ1v) is 11.5. The molecule has 8 heteroatoms. The highest BCUT2D eigenvalue weighted by molar-refractivity contribution is 7.91. The van der Waals surface area contributed by atoms with Crippen molar-refractivity contribution in [3.05, 3.63) is 58.3 Å². The van der Waals surface area contributed by atoms with E-state index in [1.807, 2.05) is 24.4 Å². The van der Waals surface area contributed by atoms with Gasteiger partial charge in [-0.3, -0.25) is 4.79 Å². The lowest BCUT2D eigenvalue weighted by atomic mass is 10.2. The van der Waals surface area contributed by atoms with Crippen LogP contribution in [0.4, 0.5) is 5.69 Å². The number of amides is 1. The lowest BCUT2D eigenvalue weighted by Crippen LogP contribution is -2.43. The zero-order chi connectivity index (χ0) is 20.1. The van der Waals surface area contributed by atoms with E-state index in [-0.39, 0.29) is 11.5 Å². The van der Waals surface area contributed by atoms with Crippen molar-refractivity contribution in [1.82, 2.24) is 0 Å². The minimum atomic E-state index is -3.16. The van der Waals surface area contributed by atoms with Crippen LogP contribution in [0.3, 0.4) is 0 Å². The van der Waals surface area contributed by atoms with E-state index in [4.69, 9.17) is 4.74 Å². The Morgan fingerprint density at radius 2 is 2.00 bits per heavy atom. The molecule has 0 unspecified atom stereocenters. The van der Waals surface area contributed by atoms with Crippen molar-refractivity contribution in [2.45, 2.75) is 19.4 Å². The third-order valence-electron chi connectivity index (χ3n) is 4.49. The average molecular weight is 420 g/mol. The summed E-state index contributed by atoms with van der Waals surface area (Å²) < 4.78 is 28.8. The molecule has 1 atom stereocenters. The summed E-state index contributed by atoms with van der Waals surface area (Å²) in [4.78, 5) is 27.1. The van der Waals surface area contributed by atoms with Crippen LogP contribution in [0.25, 0.3) is 6.08 Å². The van der Waals surface area contributed by atoms with Crippen molar-refractivity contribution < 1.29 is 22.7 Å². The van der Waals surface area contributed by atoms with Gasteiger partial charge in [-0.15, -0.1) is 11.3 Å². The van der Waals surface area contributed by atoms with E-state index in [1.165, 1.54) is 22.3 Å². The Hall–Kier alpha value is -2.45. The van der Waals surface area contributed by atoms with E-state index in [0.29, 0.717) is 12.1 Å². The van der Waals surface area contributed by atoms with Crippen LogP contribution < -0.4 is 4.90 Å². The van der Waals surface area contributed by atoms with Gasteiger partial charge in [0, 0.05) is 16.6 Å². The Balaban J connectivity index is 1.67. The van der Waals surface area contributed by atoms with Gasteiger partial charge in [0.15, 0.2) is 16.4 Å². The molecule has 1 saturated heterocycles. The maximum absolute atomic E-state index is 12.8. The molecule has 28 heavy (non-hydrogen) atoms. The molecule has 1 aliphatic rings. The van der Waals surface area contributed by atoms with Gasteiger partial charge in [-0.2, -0.15) is 0 Å². The van der Waals surface area contributed by atoms with Crippen LogP contribution in [0, 0.1) is 6.92 Å². The van der Waals surface area contributed by atoms with Crippen LogP contribution in [0.5, 0.6) is 0 Å². The number of ether oxygens (including phenoxy) is 1. The number of hydrogen-bond donors (Lipinski definition) is 0. The number of carbonyl (C=O) groups excluding carboxylic acids is 2. The van der Waals surface area contributed by atoms with Crippen LogP contribution >= 0.6 is 11.3 Å². The summed E-state index contributed by atoms with van der Waals surface area (Å²) in [6.07, 6.45) is 3.32. The molecule has 6 nitrogen and oxygen atoms in total. The van der Waals surface area contributed by atoms with E-state index < -0.39 is 34.4 Å². The minimum absolute atomic E-state index is 0.0526. The van der Waals surface area contributed by atoms with Gasteiger partial charge in [0.25, 0.3) is 5.91 Å². The summed E-state index contributed by atoms with van der Waals surface area (Å²) in [6, 6.07) is 10.3. The third kappa shape index (κ3) is 5.08. The van der Waals surface area contributed by atoms with Crippen LogP contribution in [-0.4, -0.2) is 44.4 Å². The first-order chi connectivity index (χ1) is 13.4. The molecule has 3 rings (SSSR count). The summed E-state index contributed by atoms with van der Waals surface area (Å²) in [5, 5.41) is 1.93. The van der Waals surface area contributed by atoms with Crippen molar-refractivity contribution >= 4 is 44.8 Å². The minimum Gasteiger partial charge on any atom is -0.452 e. The largest absolute Gasteiger partial charge is 0.452 e. The number of rotatable bonds is 6. The van der Waals surface area contributed by atoms with Crippen molar-refractivity contribution in [3.8, 4) is 0 Å². The van der Waals surface area contributed by atoms with Crippen molar-refractivity contribution in [2.24, 2.45) is 0 Å². The lowest BCUT2D eigenvalue weighted by molar-refractivity contribution is -0.143. The highest BCUT2D eigenvalue weighted by Crippen LogP contribution is 2.24. The standard InChI is InChI=1S/C20H21NO5S2/c1-15-9-11-27-18(15)7-8-20(23)26-13-19(22)21(16-5-3-2-4-6-16)17-10-12-28(24,25)14-17/h2-9,11,17H,10,12-14H2,1H3/b8-7+/t17-/m0/s1. The number of thiophene rings is 1. The van der Waals surface area contributed by atoms with E-state index in [1.54, 1.807) is 30.3 Å². The number of aryl methyl sites for hydroxylation is 1. The average Bonchev–Trinajstić information content (AvgIpc) is 3.24. The highest BCUT2D eigenvalue weighted by atomic mass is 32.2. The molecule has 0 N–H and O–H groups in total. The second-order valence-electron chi connectivity index (χ2n) is 6.57. The fourth-order valence-electron chi connectivity index (χ4n) is 3.08. The number of hydrogen-bond acceptors (Lipinski definition) is 6. The SMILES string of the molecule is Cc1ccsc1/C=C/C(=O)OCC(=O)N(c1ccccc1)[C@H]1CCS(=O)(=O)C1. The number of para-hydroxylation sites is 1. The summed E-state index contributed by atoms with van der Waals surface area (Å²) in [5.41, 5.74) is 1.65. The van der Waals surface area contributed by atoms with Gasteiger partial charge in [0.05, 0.1) is 17.5 Å². The van der Waals surface area contributed by atoms with E-state index in [2.05, 4.69) is 0 Å². The predicted molar refractivity (Wildman–Crippen MR) is 110 cm³/mol. The van der Waals surface area contributed by atoms with Crippen LogP contribution in [0.1, 0.15) is 16.9 Å². The summed E-state index contributed by atoms with van der Waals surface area (Å²) in [7, 11) is -3.16. The molecule has 0 spiro atoms. The number of nitrogens with zero attached hydrogens (tertiary/aromatic N) is 1. The number of anilines is 1. The molecule has 0 aliphatic carbocycles. The van der Waals surface area contributed by atoms with Gasteiger partial charge < -0.3 is 9.64 Å². The Labute approximate surface area is 168 Å². The lowest BCUT2D eigenvalue weighted by Gasteiger charge is -2.28. The second-order valence-corrected chi connectivity index (χ2v) is 9.74. The third-order valence-corrected chi connectivity index (χ3v) is 7.22. The molecule has 1 aromatic carbocycles. The Morgan fingerprint density at radius 1 is 1.25 bits per heavy atom. The van der Waals surface area contributed by atoms with Gasteiger partial charge in [0.2, 0.25) is 0 Å². The zero-order valence-electron chi connectivity index (χ0n) is 15.4. The number of esters is 1. The Morgan fingerprint density at radius 3 is 2.61 bits per heavy atom. The van der Waals surface area contributed by atoms with Crippen LogP contribution in [0.2, 0.25) is 0 Å². The summed E-state index contributed by atoms with van der Waals surface area (Å²) >= 11 is 1.51. The molecule has 2 aromatic rings. The molecular formula is C20H21NO5S2. The van der Waals surface area contributed by atoms with Gasteiger partial charge >= 0.3 is 5.97 Å². The van der Waals surface area contributed by atoms with Crippen LogP contribution in [-0.2, 0) is 24.2 Å². The Kier molecular flexibility index (Phi) is 6.31. The van der Waals surface area contributed by atoms with Crippen molar-refractivity contribution in [2.75, 3.05) is 23.0 Å². The topological polar surface area (TPSA) is 80.8 Å². The van der Waals surface area contributed by atoms with Gasteiger partial charge in [-0.05, 0) is 48.6 Å². The van der Waals surface area contributed by atoms with Gasteiger partial charge in [0.1, 0.15) is 0 Å². The fourth-order valence-corrected chi connectivity index (χ4v) is 5.59. The first-order valence-electron chi connectivity index (χ1n) is 8.82. The van der Waals surface area contributed by atoms with Gasteiger partial charge in [-0.1, -0.05) is 18.2 Å². The van der Waals surface area contributed by atoms with E-state index in [9.17, 15) is 18.0 Å². The molecule has 1 aliphatic heterocycles. The molecule has 1 amide bonds. The molecule has 148 valence electrons. The van der Waals surface area contributed by atoms with Gasteiger partial charge in [-0.25, -0.2) is 13.2 Å². The molecule has 0 saturated carbocycles. The first kappa shape index (κ1) is 20.3. The van der Waals surface area contributed by atoms with Crippen LogP contribution in [0.15, 0.2) is 47.9 Å². The maximum Gasteiger partial charge on any atom is 0.331 e. The molecule has 0 bridgehead atoms. The molecule has 0 radical (unpaired) electrons. The monoisotopic (exact) mass is 419 g/mol. The number of sulfone groups is 1. The molecule has 1 fully saturated rings. The number of benzene rings is 1. The van der Waals surface area contributed by atoms with Crippen molar-refractivity contribution in [1.29, 1.82) is 0 Å². The highest BCUT2D eigenvalue weighted by Gasteiger charge is 2.35. The fraction of sp³-hybridized carbons (Fsp3) is 0.300. The molecule has 2 heterocycles. The second kappa shape index (κ2) is 8.70. The van der Waals surface area contributed by atoms with Crippen molar-refractivity contribution in [3.63, 3.8) is 0 Å². The zero-order valence-corrected chi connectivity index (χ0v) is 17.0. The normalized spacial score (nSPS) is 18.2. The van der Waals surface area contributed by atoms with E-state index in [0.717, 1.165) is 10.4 Å². The smallest absolute Gasteiger partial charge is 0.331 e. The summed E-state index contributed by atoms with van der Waals surface area (Å²) in [6.45, 7) is 1.50. The summed E-state index contributed by atoms with van der Waals surface area (Å²) in [5.74, 6) is -1.09. The number of carbonyl (C=O) groups is 2. The maximum atomic E-state index is 12.8. The Bertz CT molecular complexity index is 979. The molecule has 1 aromatic heterocycles. The molecular weight excluding hydrogens is 398 g/mol. The quantitative estimate of drug-likeness (QED) is 0.531. The van der Waals surface area contributed by atoms with E-state index >= 15 is 0 Å². The predicted octanol–water partition coefficient (Wildman–Crippen LogP) is 2.83.